The van der Waals surface area contributed by atoms with Gasteiger partial charge in [0.2, 0.25) is 0 Å². The van der Waals surface area contributed by atoms with Crippen molar-refractivity contribution in [2.45, 2.75) is 67.4 Å². The van der Waals surface area contributed by atoms with Gasteiger partial charge >= 0.3 is 12.1 Å². The first-order valence-corrected chi connectivity index (χ1v) is 7.47. The first-order valence-electron chi connectivity index (χ1n) is 7.47. The third-order valence-corrected chi connectivity index (χ3v) is 4.20. The fraction of sp³-hybridized carbons (Fsp3) is 0.875. The SMILES string of the molecule is CCC(C)(C)C(=O)OCCNC(=O)OC(C)(C)C(C)(C)C. The number of carbonyl (C=O) groups is 2. The van der Waals surface area contributed by atoms with Crippen molar-refractivity contribution < 1.29 is 19.1 Å². The number of rotatable bonds is 6. The van der Waals surface area contributed by atoms with Crippen LogP contribution in [0.2, 0.25) is 0 Å². The van der Waals surface area contributed by atoms with E-state index in [1.807, 2.05) is 55.4 Å². The largest absolute Gasteiger partial charge is 0.463 e. The minimum absolute atomic E-state index is 0.146. The average molecular weight is 301 g/mol. The summed E-state index contributed by atoms with van der Waals surface area (Å²) in [5, 5.41) is 2.60. The standard InChI is InChI=1S/C16H31NO4/c1-9-15(5,6)12(18)20-11-10-17-13(19)21-16(7,8)14(2,3)4/h9-11H2,1-8H3,(H,17,19). The van der Waals surface area contributed by atoms with Gasteiger partial charge in [0.15, 0.2) is 0 Å². The van der Waals surface area contributed by atoms with Crippen molar-refractivity contribution in [3.8, 4) is 0 Å². The van der Waals surface area contributed by atoms with E-state index in [0.717, 1.165) is 0 Å². The molecule has 0 aromatic carbocycles. The molecule has 0 aromatic rings. The van der Waals surface area contributed by atoms with Gasteiger partial charge in [-0.15, -0.1) is 0 Å². The summed E-state index contributed by atoms with van der Waals surface area (Å²) in [6.45, 7) is 15.8. The van der Waals surface area contributed by atoms with E-state index >= 15 is 0 Å². The molecule has 0 saturated heterocycles. The highest BCUT2D eigenvalue weighted by atomic mass is 16.6. The fourth-order valence-corrected chi connectivity index (χ4v) is 1.06. The van der Waals surface area contributed by atoms with Crippen molar-refractivity contribution in [1.29, 1.82) is 0 Å². The first-order chi connectivity index (χ1) is 9.33. The Morgan fingerprint density at radius 3 is 1.95 bits per heavy atom. The molecule has 1 amide bonds. The normalized spacial score (nSPS) is 12.8. The summed E-state index contributed by atoms with van der Waals surface area (Å²) in [5.41, 5.74) is -1.24. The number of amides is 1. The predicted octanol–water partition coefficient (Wildman–Crippen LogP) is 3.52. The maximum Gasteiger partial charge on any atom is 0.407 e. The Bertz CT molecular complexity index is 367. The second-order valence-electron chi connectivity index (χ2n) is 7.45. The summed E-state index contributed by atoms with van der Waals surface area (Å²) >= 11 is 0. The molecule has 0 saturated carbocycles. The highest BCUT2D eigenvalue weighted by molar-refractivity contribution is 5.75. The lowest BCUT2D eigenvalue weighted by molar-refractivity contribution is -0.153. The van der Waals surface area contributed by atoms with E-state index in [9.17, 15) is 9.59 Å². The molecule has 0 atom stereocenters. The summed E-state index contributed by atoms with van der Waals surface area (Å²) in [6, 6.07) is 0. The summed E-state index contributed by atoms with van der Waals surface area (Å²) in [5.74, 6) is -0.254. The summed E-state index contributed by atoms with van der Waals surface area (Å²) in [7, 11) is 0. The molecule has 21 heavy (non-hydrogen) atoms. The second-order valence-corrected chi connectivity index (χ2v) is 7.45. The lowest BCUT2D eigenvalue weighted by Gasteiger charge is -2.37. The second kappa shape index (κ2) is 7.14. The molecule has 0 unspecified atom stereocenters. The van der Waals surface area contributed by atoms with Gasteiger partial charge in [-0.05, 0) is 34.1 Å². The van der Waals surface area contributed by atoms with Crippen LogP contribution in [0.25, 0.3) is 0 Å². The molecule has 0 bridgehead atoms. The predicted molar refractivity (Wildman–Crippen MR) is 83.0 cm³/mol. The number of esters is 1. The molecule has 0 heterocycles. The Kier molecular flexibility index (Phi) is 6.71. The smallest absolute Gasteiger partial charge is 0.407 e. The monoisotopic (exact) mass is 301 g/mol. The average Bonchev–Trinajstić information content (AvgIpc) is 2.32. The van der Waals surface area contributed by atoms with Crippen molar-refractivity contribution in [1.82, 2.24) is 5.32 Å². The summed E-state index contributed by atoms with van der Waals surface area (Å²) < 4.78 is 10.5. The Labute approximate surface area is 128 Å². The Balaban J connectivity index is 4.11. The molecule has 5 nitrogen and oxygen atoms in total. The Hall–Kier alpha value is -1.26. The lowest BCUT2D eigenvalue weighted by Crippen LogP contribution is -2.44. The zero-order chi connectivity index (χ0) is 16.9. The topological polar surface area (TPSA) is 64.6 Å². The molecule has 0 aliphatic carbocycles. The van der Waals surface area contributed by atoms with Crippen molar-refractivity contribution in [2.24, 2.45) is 10.8 Å². The fourth-order valence-electron chi connectivity index (χ4n) is 1.06. The molecule has 0 aliphatic rings. The molecule has 124 valence electrons. The van der Waals surface area contributed by atoms with Crippen molar-refractivity contribution in [3.63, 3.8) is 0 Å². The minimum atomic E-state index is -0.585. The number of hydrogen-bond donors (Lipinski definition) is 1. The van der Waals surface area contributed by atoms with Crippen LogP contribution in [0.1, 0.15) is 61.8 Å². The van der Waals surface area contributed by atoms with Crippen LogP contribution in [0, 0.1) is 10.8 Å². The third-order valence-electron chi connectivity index (χ3n) is 4.20. The Morgan fingerprint density at radius 1 is 1.00 bits per heavy atom. The van der Waals surface area contributed by atoms with Gasteiger partial charge in [0.25, 0.3) is 0 Å². The lowest BCUT2D eigenvalue weighted by atomic mass is 9.79. The van der Waals surface area contributed by atoms with Gasteiger partial charge in [0, 0.05) is 5.41 Å². The minimum Gasteiger partial charge on any atom is -0.463 e. The van der Waals surface area contributed by atoms with Crippen LogP contribution in [0.15, 0.2) is 0 Å². The summed E-state index contributed by atoms with van der Waals surface area (Å²) in [6.07, 6.45) is 0.210. The zero-order valence-electron chi connectivity index (χ0n) is 14.8. The van der Waals surface area contributed by atoms with Crippen LogP contribution >= 0.6 is 0 Å². The van der Waals surface area contributed by atoms with Crippen molar-refractivity contribution in [3.05, 3.63) is 0 Å². The molecule has 1 N–H and O–H groups in total. The van der Waals surface area contributed by atoms with Gasteiger partial charge < -0.3 is 14.8 Å². The van der Waals surface area contributed by atoms with Crippen LogP contribution in [0.3, 0.4) is 0 Å². The van der Waals surface area contributed by atoms with E-state index in [0.29, 0.717) is 6.42 Å². The van der Waals surface area contributed by atoms with Gasteiger partial charge in [0.05, 0.1) is 12.0 Å². The van der Waals surface area contributed by atoms with E-state index in [1.54, 1.807) is 0 Å². The van der Waals surface area contributed by atoms with E-state index in [4.69, 9.17) is 9.47 Å². The highest BCUT2D eigenvalue weighted by Gasteiger charge is 2.36. The van der Waals surface area contributed by atoms with Crippen LogP contribution in [-0.4, -0.2) is 30.8 Å². The number of hydrogen-bond acceptors (Lipinski definition) is 4. The van der Waals surface area contributed by atoms with E-state index < -0.39 is 17.1 Å². The molecular weight excluding hydrogens is 270 g/mol. The summed E-state index contributed by atoms with van der Waals surface area (Å²) in [4.78, 5) is 23.5. The third kappa shape index (κ3) is 6.36. The van der Waals surface area contributed by atoms with Crippen molar-refractivity contribution in [2.75, 3.05) is 13.2 Å². The maximum atomic E-state index is 11.7. The van der Waals surface area contributed by atoms with Gasteiger partial charge in [0.1, 0.15) is 12.2 Å². The highest BCUT2D eigenvalue weighted by Crippen LogP contribution is 2.32. The quantitative estimate of drug-likeness (QED) is 0.602. The maximum absolute atomic E-state index is 11.7. The molecule has 0 aromatic heterocycles. The van der Waals surface area contributed by atoms with Crippen molar-refractivity contribution >= 4 is 12.1 Å². The zero-order valence-corrected chi connectivity index (χ0v) is 14.8. The molecule has 0 fully saturated rings. The number of alkyl carbamates (subject to hydrolysis) is 1. The molecule has 0 spiro atoms. The number of carbonyl (C=O) groups excluding carboxylic acids is 2. The van der Waals surface area contributed by atoms with Gasteiger partial charge in [-0.2, -0.15) is 0 Å². The van der Waals surface area contributed by atoms with Crippen LogP contribution in [-0.2, 0) is 14.3 Å². The van der Waals surface area contributed by atoms with Crippen LogP contribution < -0.4 is 5.32 Å². The Morgan fingerprint density at radius 2 is 1.52 bits per heavy atom. The molecule has 5 heteroatoms. The van der Waals surface area contributed by atoms with E-state index in [2.05, 4.69) is 5.32 Å². The van der Waals surface area contributed by atoms with E-state index in [1.165, 1.54) is 0 Å². The van der Waals surface area contributed by atoms with Gasteiger partial charge in [-0.1, -0.05) is 27.7 Å². The number of ether oxygens (including phenoxy) is 2. The number of nitrogens with one attached hydrogen (secondary N) is 1. The molecule has 0 radical (unpaired) electrons. The molecule has 0 aliphatic heterocycles. The molecule has 0 rings (SSSR count). The molecular formula is C16H31NO4. The van der Waals surface area contributed by atoms with Gasteiger partial charge in [-0.25, -0.2) is 4.79 Å². The van der Waals surface area contributed by atoms with Crippen LogP contribution in [0.5, 0.6) is 0 Å². The first kappa shape index (κ1) is 19.7. The van der Waals surface area contributed by atoms with E-state index in [-0.39, 0.29) is 24.5 Å². The van der Waals surface area contributed by atoms with Gasteiger partial charge in [-0.3, -0.25) is 4.79 Å². The van der Waals surface area contributed by atoms with Crippen LogP contribution in [0.4, 0.5) is 4.79 Å².